The highest BCUT2D eigenvalue weighted by Crippen LogP contribution is 2.35. The van der Waals surface area contributed by atoms with Crippen LogP contribution in [0.1, 0.15) is 54.2 Å². The second-order valence-electron chi connectivity index (χ2n) is 9.01. The number of nitrogens with zero attached hydrogens (tertiary/aromatic N) is 2. The summed E-state index contributed by atoms with van der Waals surface area (Å²) in [5.41, 5.74) is 2.36. The number of rotatable bonds is 6. The molecule has 1 aromatic carbocycles. The SMILES string of the molecule is CNC(=O)c1cc(F)c(-c2nc3cc(C)ccn3c2CC2CCCC(NC(C)O)C2)c(F)c1. The van der Waals surface area contributed by atoms with Gasteiger partial charge in [-0.15, -0.1) is 0 Å². The number of amides is 1. The molecule has 0 radical (unpaired) electrons. The predicted molar refractivity (Wildman–Crippen MR) is 123 cm³/mol. The Morgan fingerprint density at radius 1 is 1.27 bits per heavy atom. The van der Waals surface area contributed by atoms with Crippen LogP contribution in [0, 0.1) is 24.5 Å². The van der Waals surface area contributed by atoms with Crippen LogP contribution in [0.4, 0.5) is 8.78 Å². The van der Waals surface area contributed by atoms with Gasteiger partial charge in [-0.25, -0.2) is 13.8 Å². The highest BCUT2D eigenvalue weighted by molar-refractivity contribution is 5.94. The second kappa shape index (κ2) is 9.57. The molecule has 3 atom stereocenters. The predicted octanol–water partition coefficient (Wildman–Crippen LogP) is 3.98. The highest BCUT2D eigenvalue weighted by Gasteiger charge is 2.28. The Morgan fingerprint density at radius 2 is 2.00 bits per heavy atom. The fraction of sp³-hybridized carbons (Fsp3) is 0.440. The van der Waals surface area contributed by atoms with Crippen LogP contribution in [0.2, 0.25) is 0 Å². The number of benzene rings is 1. The molecule has 0 saturated heterocycles. The van der Waals surface area contributed by atoms with Gasteiger partial charge in [0.2, 0.25) is 0 Å². The van der Waals surface area contributed by atoms with E-state index in [1.165, 1.54) is 7.05 Å². The Bertz CT molecular complexity index is 1150. The maximum Gasteiger partial charge on any atom is 0.251 e. The number of imidazole rings is 1. The first kappa shape index (κ1) is 23.3. The zero-order valence-electron chi connectivity index (χ0n) is 19.2. The van der Waals surface area contributed by atoms with Crippen molar-refractivity contribution in [2.24, 2.45) is 5.92 Å². The van der Waals surface area contributed by atoms with E-state index in [2.05, 4.69) is 15.6 Å². The summed E-state index contributed by atoms with van der Waals surface area (Å²) >= 11 is 0. The third kappa shape index (κ3) is 4.91. The minimum atomic E-state index is -0.813. The zero-order valence-corrected chi connectivity index (χ0v) is 19.2. The molecule has 8 heteroatoms. The smallest absolute Gasteiger partial charge is 0.251 e. The molecule has 0 aliphatic heterocycles. The van der Waals surface area contributed by atoms with Gasteiger partial charge in [-0.1, -0.05) is 6.42 Å². The Morgan fingerprint density at radius 3 is 2.67 bits per heavy atom. The molecule has 3 N–H and O–H groups in total. The lowest BCUT2D eigenvalue weighted by molar-refractivity contribution is 0.0962. The molecule has 1 fully saturated rings. The van der Waals surface area contributed by atoms with Gasteiger partial charge in [-0.3, -0.25) is 10.1 Å². The zero-order chi connectivity index (χ0) is 23.7. The van der Waals surface area contributed by atoms with Gasteiger partial charge in [0, 0.05) is 24.8 Å². The molecule has 4 rings (SSSR count). The monoisotopic (exact) mass is 456 g/mol. The highest BCUT2D eigenvalue weighted by atomic mass is 19.1. The number of fused-ring (bicyclic) bond motifs is 1. The van der Waals surface area contributed by atoms with E-state index >= 15 is 8.78 Å². The molecule has 176 valence electrons. The third-order valence-electron chi connectivity index (χ3n) is 6.39. The fourth-order valence-corrected chi connectivity index (χ4v) is 4.91. The van der Waals surface area contributed by atoms with Crippen LogP contribution in [0.15, 0.2) is 30.5 Å². The number of halogens is 2. The first-order chi connectivity index (χ1) is 15.8. The molecular weight excluding hydrogens is 426 g/mol. The van der Waals surface area contributed by atoms with E-state index in [4.69, 9.17) is 0 Å². The van der Waals surface area contributed by atoms with Crippen LogP contribution in [-0.2, 0) is 6.42 Å². The normalized spacial score (nSPS) is 19.6. The number of aliphatic hydroxyl groups is 1. The van der Waals surface area contributed by atoms with Crippen LogP contribution in [0.25, 0.3) is 16.9 Å². The van der Waals surface area contributed by atoms with Gasteiger partial charge in [-0.05, 0) is 75.3 Å². The van der Waals surface area contributed by atoms with Crippen molar-refractivity contribution in [2.45, 2.75) is 58.2 Å². The van der Waals surface area contributed by atoms with E-state index in [9.17, 15) is 9.90 Å². The molecule has 2 heterocycles. The van der Waals surface area contributed by atoms with Gasteiger partial charge in [0.05, 0.1) is 17.0 Å². The third-order valence-corrected chi connectivity index (χ3v) is 6.39. The van der Waals surface area contributed by atoms with Gasteiger partial charge in [0.25, 0.3) is 5.91 Å². The van der Waals surface area contributed by atoms with Gasteiger partial charge in [0.1, 0.15) is 23.5 Å². The van der Waals surface area contributed by atoms with E-state index in [0.717, 1.165) is 49.1 Å². The molecule has 2 aromatic heterocycles. The van der Waals surface area contributed by atoms with E-state index in [0.29, 0.717) is 12.1 Å². The summed E-state index contributed by atoms with van der Waals surface area (Å²) in [6.45, 7) is 3.66. The number of aliphatic hydroxyl groups excluding tert-OH is 1. The van der Waals surface area contributed by atoms with Crippen molar-refractivity contribution >= 4 is 11.6 Å². The van der Waals surface area contributed by atoms with Crippen LogP contribution in [0.3, 0.4) is 0 Å². The fourth-order valence-electron chi connectivity index (χ4n) is 4.91. The number of carbonyl (C=O) groups excluding carboxylic acids is 1. The molecule has 1 amide bonds. The molecule has 1 aliphatic rings. The minimum absolute atomic E-state index is 0.0725. The molecular formula is C25H30F2N4O2. The van der Waals surface area contributed by atoms with Crippen molar-refractivity contribution in [3.8, 4) is 11.3 Å². The van der Waals surface area contributed by atoms with E-state index in [1.54, 1.807) is 6.92 Å². The minimum Gasteiger partial charge on any atom is -0.379 e. The number of aromatic nitrogens is 2. The number of hydrogen-bond acceptors (Lipinski definition) is 4. The average Bonchev–Trinajstić information content (AvgIpc) is 3.09. The second-order valence-corrected chi connectivity index (χ2v) is 9.01. The Labute approximate surface area is 192 Å². The topological polar surface area (TPSA) is 78.7 Å². The maximum absolute atomic E-state index is 15.2. The van der Waals surface area contributed by atoms with Crippen LogP contribution in [0.5, 0.6) is 0 Å². The molecule has 3 unspecified atom stereocenters. The summed E-state index contributed by atoms with van der Waals surface area (Å²) in [5, 5.41) is 15.3. The van der Waals surface area contributed by atoms with Crippen molar-refractivity contribution in [1.82, 2.24) is 20.0 Å². The van der Waals surface area contributed by atoms with Crippen molar-refractivity contribution in [2.75, 3.05) is 7.05 Å². The number of carbonyl (C=O) groups is 1. The summed E-state index contributed by atoms with van der Waals surface area (Å²) in [5.74, 6) is -1.89. The molecule has 33 heavy (non-hydrogen) atoms. The van der Waals surface area contributed by atoms with Crippen LogP contribution >= 0.6 is 0 Å². The number of aryl methyl sites for hydroxylation is 1. The quantitative estimate of drug-likeness (QED) is 0.491. The van der Waals surface area contributed by atoms with Gasteiger partial charge < -0.3 is 14.8 Å². The summed E-state index contributed by atoms with van der Waals surface area (Å²) in [4.78, 5) is 16.5. The first-order valence-electron chi connectivity index (χ1n) is 11.4. The standard InChI is InChI=1S/C25H30F2N4O2/c1-14-7-8-31-21(11-16-5-4-6-18(10-16)29-15(2)32)24(30-22(31)9-14)23-19(26)12-17(13-20(23)27)25(33)28-3/h7-9,12-13,15-16,18,29,32H,4-6,10-11H2,1-3H3,(H,28,33). The van der Waals surface area contributed by atoms with Crippen molar-refractivity contribution in [3.05, 3.63) is 58.9 Å². The average molecular weight is 457 g/mol. The van der Waals surface area contributed by atoms with Gasteiger partial charge >= 0.3 is 0 Å². The molecule has 1 saturated carbocycles. The summed E-state index contributed by atoms with van der Waals surface area (Å²) in [6, 6.07) is 6.15. The lowest BCUT2D eigenvalue weighted by atomic mass is 9.82. The van der Waals surface area contributed by atoms with E-state index in [1.807, 2.05) is 29.7 Å². The van der Waals surface area contributed by atoms with E-state index in [-0.39, 0.29) is 28.8 Å². The Hall–Kier alpha value is -2.84. The first-order valence-corrected chi connectivity index (χ1v) is 11.4. The van der Waals surface area contributed by atoms with Crippen molar-refractivity contribution < 1.29 is 18.7 Å². The van der Waals surface area contributed by atoms with E-state index < -0.39 is 23.8 Å². The molecule has 0 bridgehead atoms. The maximum atomic E-state index is 15.2. The van der Waals surface area contributed by atoms with Crippen molar-refractivity contribution in [1.29, 1.82) is 0 Å². The summed E-state index contributed by atoms with van der Waals surface area (Å²) in [7, 11) is 1.42. The molecule has 3 aromatic rings. The van der Waals surface area contributed by atoms with Gasteiger partial charge in [0.15, 0.2) is 0 Å². The number of pyridine rings is 1. The molecule has 6 nitrogen and oxygen atoms in total. The lowest BCUT2D eigenvalue weighted by Crippen LogP contribution is -2.40. The number of hydrogen-bond donors (Lipinski definition) is 3. The number of nitrogens with one attached hydrogen (secondary N) is 2. The van der Waals surface area contributed by atoms with Crippen LogP contribution in [-0.4, -0.2) is 39.7 Å². The Balaban J connectivity index is 1.77. The molecule has 1 aliphatic carbocycles. The Kier molecular flexibility index (Phi) is 6.76. The summed E-state index contributed by atoms with van der Waals surface area (Å²) < 4.78 is 32.2. The van der Waals surface area contributed by atoms with Crippen LogP contribution < -0.4 is 10.6 Å². The lowest BCUT2D eigenvalue weighted by Gasteiger charge is -2.31. The largest absolute Gasteiger partial charge is 0.379 e. The summed E-state index contributed by atoms with van der Waals surface area (Å²) in [6.07, 6.45) is 5.79. The van der Waals surface area contributed by atoms with Crippen molar-refractivity contribution in [3.63, 3.8) is 0 Å². The molecule has 0 spiro atoms. The van der Waals surface area contributed by atoms with Gasteiger partial charge in [-0.2, -0.15) is 0 Å².